The van der Waals surface area contributed by atoms with Gasteiger partial charge in [-0.2, -0.15) is 0 Å². The zero-order valence-corrected chi connectivity index (χ0v) is 12.7. The first-order valence-electron chi connectivity index (χ1n) is 7.02. The van der Waals surface area contributed by atoms with Crippen molar-refractivity contribution in [2.75, 3.05) is 7.11 Å². The minimum Gasteiger partial charge on any atom is -0.496 e. The Labute approximate surface area is 121 Å². The van der Waals surface area contributed by atoms with Crippen LogP contribution < -0.4 is 16.0 Å². The molecule has 0 amide bonds. The average Bonchev–Trinajstić information content (AvgIpc) is 2.43. The van der Waals surface area contributed by atoms with Crippen molar-refractivity contribution >= 4 is 11.6 Å². The first kappa shape index (κ1) is 16.3. The maximum absolute atomic E-state index is 6.05. The van der Waals surface area contributed by atoms with E-state index in [4.69, 9.17) is 22.2 Å². The molecule has 0 aliphatic rings. The zero-order valence-electron chi connectivity index (χ0n) is 11.9. The standard InChI is InChI=1S/C15H25ClN2O/c1-3-4-5-6-7-8-14(18-17)13-11-12(16)9-10-15(13)19-2/h9-11,14,18H,3-8,17H2,1-2H3. The number of hydrogen-bond donors (Lipinski definition) is 2. The van der Waals surface area contributed by atoms with Crippen LogP contribution in [0.4, 0.5) is 0 Å². The molecule has 0 aliphatic heterocycles. The van der Waals surface area contributed by atoms with Crippen LogP contribution in [0, 0.1) is 0 Å². The number of nitrogens with two attached hydrogens (primary N) is 1. The number of unbranched alkanes of at least 4 members (excludes halogenated alkanes) is 4. The van der Waals surface area contributed by atoms with Gasteiger partial charge in [0.2, 0.25) is 0 Å². The molecule has 3 N–H and O–H groups in total. The number of ether oxygens (including phenoxy) is 1. The molecule has 1 atom stereocenters. The summed E-state index contributed by atoms with van der Waals surface area (Å²) in [6, 6.07) is 5.74. The van der Waals surface area contributed by atoms with Crippen LogP contribution in [0.3, 0.4) is 0 Å². The summed E-state index contributed by atoms with van der Waals surface area (Å²) in [4.78, 5) is 0. The van der Waals surface area contributed by atoms with Crippen LogP contribution in [0.1, 0.15) is 57.1 Å². The molecule has 108 valence electrons. The van der Waals surface area contributed by atoms with Crippen molar-refractivity contribution in [2.45, 2.75) is 51.5 Å². The van der Waals surface area contributed by atoms with Gasteiger partial charge in [0, 0.05) is 16.6 Å². The Balaban J connectivity index is 2.60. The molecule has 0 bridgehead atoms. The van der Waals surface area contributed by atoms with Crippen molar-refractivity contribution in [3.63, 3.8) is 0 Å². The van der Waals surface area contributed by atoms with Gasteiger partial charge in [-0.3, -0.25) is 11.3 Å². The third-order valence-electron chi connectivity index (χ3n) is 3.36. The van der Waals surface area contributed by atoms with Crippen LogP contribution in [0.5, 0.6) is 5.75 Å². The van der Waals surface area contributed by atoms with Gasteiger partial charge >= 0.3 is 0 Å². The van der Waals surface area contributed by atoms with Crippen LogP contribution in [-0.2, 0) is 0 Å². The molecule has 19 heavy (non-hydrogen) atoms. The Kier molecular flexibility index (Phi) is 7.87. The van der Waals surface area contributed by atoms with Gasteiger partial charge in [-0.15, -0.1) is 0 Å². The summed E-state index contributed by atoms with van der Waals surface area (Å²) in [6.45, 7) is 2.22. The van der Waals surface area contributed by atoms with Crippen LogP contribution in [0.25, 0.3) is 0 Å². The Morgan fingerprint density at radius 2 is 2.00 bits per heavy atom. The number of hydrazine groups is 1. The van der Waals surface area contributed by atoms with E-state index >= 15 is 0 Å². The third-order valence-corrected chi connectivity index (χ3v) is 3.60. The molecule has 0 saturated heterocycles. The molecule has 1 unspecified atom stereocenters. The van der Waals surface area contributed by atoms with Crippen molar-refractivity contribution in [3.05, 3.63) is 28.8 Å². The molecule has 1 aromatic carbocycles. The molecule has 0 heterocycles. The molecular weight excluding hydrogens is 260 g/mol. The highest BCUT2D eigenvalue weighted by Gasteiger charge is 2.15. The highest BCUT2D eigenvalue weighted by Crippen LogP contribution is 2.30. The van der Waals surface area contributed by atoms with Crippen LogP contribution >= 0.6 is 11.6 Å². The molecule has 1 rings (SSSR count). The van der Waals surface area contributed by atoms with Gasteiger partial charge in [0.05, 0.1) is 7.11 Å². The van der Waals surface area contributed by atoms with Crippen molar-refractivity contribution in [1.82, 2.24) is 5.43 Å². The number of methoxy groups -OCH3 is 1. The Hall–Kier alpha value is -0.770. The van der Waals surface area contributed by atoms with Crippen LogP contribution in [0.2, 0.25) is 5.02 Å². The van der Waals surface area contributed by atoms with E-state index in [2.05, 4.69) is 12.3 Å². The van der Waals surface area contributed by atoms with Crippen molar-refractivity contribution in [1.29, 1.82) is 0 Å². The Morgan fingerprint density at radius 1 is 1.26 bits per heavy atom. The second-order valence-corrected chi connectivity index (χ2v) is 5.24. The van der Waals surface area contributed by atoms with Gasteiger partial charge in [-0.25, -0.2) is 0 Å². The minimum absolute atomic E-state index is 0.0928. The summed E-state index contributed by atoms with van der Waals surface area (Å²) in [7, 11) is 1.67. The normalized spacial score (nSPS) is 12.4. The fraction of sp³-hybridized carbons (Fsp3) is 0.600. The largest absolute Gasteiger partial charge is 0.496 e. The van der Waals surface area contributed by atoms with Gasteiger partial charge in [-0.1, -0.05) is 50.6 Å². The van der Waals surface area contributed by atoms with Crippen LogP contribution in [-0.4, -0.2) is 7.11 Å². The minimum atomic E-state index is 0.0928. The molecular formula is C15H25ClN2O. The number of rotatable bonds is 9. The van der Waals surface area contributed by atoms with E-state index in [9.17, 15) is 0 Å². The maximum Gasteiger partial charge on any atom is 0.123 e. The molecule has 3 nitrogen and oxygen atoms in total. The summed E-state index contributed by atoms with van der Waals surface area (Å²) in [6.07, 6.45) is 7.26. The zero-order chi connectivity index (χ0) is 14.1. The lowest BCUT2D eigenvalue weighted by Gasteiger charge is -2.19. The summed E-state index contributed by atoms with van der Waals surface area (Å²) in [5, 5.41) is 0.710. The van der Waals surface area contributed by atoms with Gasteiger partial charge in [0.1, 0.15) is 5.75 Å². The fourth-order valence-electron chi connectivity index (χ4n) is 2.26. The predicted molar refractivity (Wildman–Crippen MR) is 81.4 cm³/mol. The predicted octanol–water partition coefficient (Wildman–Crippen LogP) is 4.21. The average molecular weight is 285 g/mol. The first-order valence-corrected chi connectivity index (χ1v) is 7.40. The lowest BCUT2D eigenvalue weighted by atomic mass is 9.99. The summed E-state index contributed by atoms with van der Waals surface area (Å²) >= 11 is 6.05. The highest BCUT2D eigenvalue weighted by atomic mass is 35.5. The van der Waals surface area contributed by atoms with E-state index in [1.54, 1.807) is 7.11 Å². The van der Waals surface area contributed by atoms with E-state index in [0.717, 1.165) is 24.2 Å². The highest BCUT2D eigenvalue weighted by molar-refractivity contribution is 6.30. The van der Waals surface area contributed by atoms with E-state index in [1.165, 1.54) is 25.7 Å². The summed E-state index contributed by atoms with van der Waals surface area (Å²) < 4.78 is 5.37. The molecule has 0 radical (unpaired) electrons. The van der Waals surface area contributed by atoms with Gasteiger partial charge in [-0.05, 0) is 24.6 Å². The maximum atomic E-state index is 6.05. The first-order chi connectivity index (χ1) is 9.22. The smallest absolute Gasteiger partial charge is 0.123 e. The molecule has 0 spiro atoms. The van der Waals surface area contributed by atoms with Gasteiger partial charge < -0.3 is 4.74 Å². The molecule has 4 heteroatoms. The quantitative estimate of drug-likeness (QED) is 0.406. The van der Waals surface area contributed by atoms with Crippen molar-refractivity contribution < 1.29 is 4.74 Å². The summed E-state index contributed by atoms with van der Waals surface area (Å²) in [5.41, 5.74) is 3.91. The van der Waals surface area contributed by atoms with Crippen molar-refractivity contribution in [3.8, 4) is 5.75 Å². The van der Waals surface area contributed by atoms with Gasteiger partial charge in [0.25, 0.3) is 0 Å². The molecule has 0 fully saturated rings. The number of hydrogen-bond acceptors (Lipinski definition) is 3. The second-order valence-electron chi connectivity index (χ2n) is 4.81. The van der Waals surface area contributed by atoms with E-state index in [-0.39, 0.29) is 6.04 Å². The lowest BCUT2D eigenvalue weighted by molar-refractivity contribution is 0.392. The number of halogens is 1. The third kappa shape index (κ3) is 5.39. The number of nitrogens with one attached hydrogen (secondary N) is 1. The Morgan fingerprint density at radius 3 is 2.63 bits per heavy atom. The SMILES string of the molecule is CCCCCCCC(NN)c1cc(Cl)ccc1OC. The molecule has 0 aliphatic carbocycles. The van der Waals surface area contributed by atoms with Gasteiger partial charge in [0.15, 0.2) is 0 Å². The second kappa shape index (κ2) is 9.18. The lowest BCUT2D eigenvalue weighted by Crippen LogP contribution is -2.28. The molecule has 0 saturated carbocycles. The molecule has 1 aromatic rings. The van der Waals surface area contributed by atoms with E-state index < -0.39 is 0 Å². The number of benzene rings is 1. The van der Waals surface area contributed by atoms with E-state index in [1.807, 2.05) is 18.2 Å². The monoisotopic (exact) mass is 284 g/mol. The fourth-order valence-corrected chi connectivity index (χ4v) is 2.44. The van der Waals surface area contributed by atoms with E-state index in [0.29, 0.717) is 5.02 Å². The van der Waals surface area contributed by atoms with Crippen molar-refractivity contribution in [2.24, 2.45) is 5.84 Å². The topological polar surface area (TPSA) is 47.3 Å². The Bertz CT molecular complexity index is 371. The van der Waals surface area contributed by atoms with Crippen LogP contribution in [0.15, 0.2) is 18.2 Å². The molecule has 0 aromatic heterocycles. The summed E-state index contributed by atoms with van der Waals surface area (Å²) in [5.74, 6) is 6.50.